The summed E-state index contributed by atoms with van der Waals surface area (Å²) in [5, 5.41) is 5.25. The number of carbonyl (C=O) groups excluding carboxylic acids is 2. The summed E-state index contributed by atoms with van der Waals surface area (Å²) in [6.45, 7) is 0. The molecule has 0 atom stereocenters. The van der Waals surface area contributed by atoms with Crippen molar-refractivity contribution in [3.63, 3.8) is 0 Å². The number of rotatable bonds is 3. The van der Waals surface area contributed by atoms with E-state index in [1.807, 2.05) is 28.8 Å². The SMILES string of the molecule is O=C(Cc1cn2ccccc2n1)Nc1cc2c(cc1F)CCC(=O)N2. The highest BCUT2D eigenvalue weighted by molar-refractivity contribution is 5.97. The Morgan fingerprint density at radius 3 is 3.04 bits per heavy atom. The van der Waals surface area contributed by atoms with E-state index in [9.17, 15) is 14.0 Å². The second kappa shape index (κ2) is 6.01. The van der Waals surface area contributed by atoms with E-state index in [0.717, 1.165) is 11.2 Å². The normalized spacial score (nSPS) is 13.4. The molecule has 7 heteroatoms. The lowest BCUT2D eigenvalue weighted by Crippen LogP contribution is -2.21. The number of hydrogen-bond acceptors (Lipinski definition) is 3. The second-order valence-corrected chi connectivity index (χ2v) is 5.96. The molecule has 2 amide bonds. The maximum atomic E-state index is 14.2. The summed E-state index contributed by atoms with van der Waals surface area (Å²) in [5.41, 5.74) is 2.66. The lowest BCUT2D eigenvalue weighted by Gasteiger charge is -2.18. The molecule has 1 aliphatic rings. The van der Waals surface area contributed by atoms with Gasteiger partial charge < -0.3 is 15.0 Å². The van der Waals surface area contributed by atoms with Gasteiger partial charge in [0.2, 0.25) is 11.8 Å². The van der Waals surface area contributed by atoms with Gasteiger partial charge in [-0.2, -0.15) is 0 Å². The largest absolute Gasteiger partial charge is 0.326 e. The zero-order chi connectivity index (χ0) is 17.4. The van der Waals surface area contributed by atoms with Gasteiger partial charge in [0, 0.05) is 24.5 Å². The summed E-state index contributed by atoms with van der Waals surface area (Å²) < 4.78 is 16.0. The van der Waals surface area contributed by atoms with Crippen LogP contribution in [0.4, 0.5) is 15.8 Å². The van der Waals surface area contributed by atoms with Crippen LogP contribution in [-0.4, -0.2) is 21.2 Å². The van der Waals surface area contributed by atoms with Crippen molar-refractivity contribution in [1.29, 1.82) is 0 Å². The number of pyridine rings is 1. The van der Waals surface area contributed by atoms with Crippen molar-refractivity contribution in [3.05, 3.63) is 59.8 Å². The average Bonchev–Trinajstić information content (AvgIpc) is 2.98. The van der Waals surface area contributed by atoms with Crippen molar-refractivity contribution in [2.24, 2.45) is 0 Å². The molecule has 0 saturated heterocycles. The van der Waals surface area contributed by atoms with Crippen LogP contribution in [0.5, 0.6) is 0 Å². The summed E-state index contributed by atoms with van der Waals surface area (Å²) in [5.74, 6) is -0.997. The molecule has 0 radical (unpaired) electrons. The molecule has 3 aromatic rings. The number of nitrogens with zero attached hydrogens (tertiary/aromatic N) is 2. The molecule has 0 spiro atoms. The Morgan fingerprint density at radius 2 is 2.20 bits per heavy atom. The van der Waals surface area contributed by atoms with Gasteiger partial charge in [-0.15, -0.1) is 0 Å². The Balaban J connectivity index is 1.52. The first-order valence-electron chi connectivity index (χ1n) is 7.93. The zero-order valence-corrected chi connectivity index (χ0v) is 13.3. The molecule has 6 nitrogen and oxygen atoms in total. The van der Waals surface area contributed by atoms with E-state index in [-0.39, 0.29) is 23.9 Å². The van der Waals surface area contributed by atoms with Crippen molar-refractivity contribution in [2.75, 3.05) is 10.6 Å². The van der Waals surface area contributed by atoms with E-state index in [1.165, 1.54) is 12.1 Å². The van der Waals surface area contributed by atoms with Crippen LogP contribution in [0, 0.1) is 5.82 Å². The van der Waals surface area contributed by atoms with Crippen molar-refractivity contribution < 1.29 is 14.0 Å². The predicted octanol–water partition coefficient (Wildman–Crippen LogP) is 2.54. The first-order chi connectivity index (χ1) is 12.1. The molecule has 0 aliphatic carbocycles. The lowest BCUT2D eigenvalue weighted by molar-refractivity contribution is -0.116. The van der Waals surface area contributed by atoms with Gasteiger partial charge in [0.1, 0.15) is 11.5 Å². The number of halogens is 1. The maximum Gasteiger partial charge on any atom is 0.230 e. The molecule has 0 unspecified atom stereocenters. The molecule has 1 aliphatic heterocycles. The van der Waals surface area contributed by atoms with E-state index in [1.54, 1.807) is 6.20 Å². The number of carbonyl (C=O) groups is 2. The van der Waals surface area contributed by atoms with Gasteiger partial charge in [0.05, 0.1) is 17.8 Å². The standard InChI is InChI=1S/C18H15FN4O2/c19-13-7-11-4-5-17(24)21-14(11)9-15(13)22-18(25)8-12-10-23-6-2-1-3-16(23)20-12/h1-3,6-7,9-10H,4-5,8H2,(H,21,24)(H,22,25). The fourth-order valence-electron chi connectivity index (χ4n) is 2.93. The van der Waals surface area contributed by atoms with Crippen LogP contribution in [0.15, 0.2) is 42.7 Å². The minimum atomic E-state index is -0.516. The fourth-order valence-corrected chi connectivity index (χ4v) is 2.93. The van der Waals surface area contributed by atoms with Crippen LogP contribution in [0.3, 0.4) is 0 Å². The summed E-state index contributed by atoms with van der Waals surface area (Å²) >= 11 is 0. The van der Waals surface area contributed by atoms with Crippen LogP contribution in [0.1, 0.15) is 17.7 Å². The van der Waals surface area contributed by atoms with Gasteiger partial charge >= 0.3 is 0 Å². The van der Waals surface area contributed by atoms with E-state index in [4.69, 9.17) is 0 Å². The van der Waals surface area contributed by atoms with E-state index < -0.39 is 5.82 Å². The van der Waals surface area contributed by atoms with Gasteiger partial charge in [-0.05, 0) is 36.2 Å². The zero-order valence-electron chi connectivity index (χ0n) is 13.3. The number of aryl methyl sites for hydroxylation is 1. The molecule has 3 heterocycles. The number of amides is 2. The Hall–Kier alpha value is -3.22. The number of nitrogens with one attached hydrogen (secondary N) is 2. The number of anilines is 2. The second-order valence-electron chi connectivity index (χ2n) is 5.96. The molecule has 126 valence electrons. The third-order valence-electron chi connectivity index (χ3n) is 4.12. The van der Waals surface area contributed by atoms with E-state index in [0.29, 0.717) is 24.2 Å². The first kappa shape index (κ1) is 15.3. The third-order valence-corrected chi connectivity index (χ3v) is 4.12. The fraction of sp³-hybridized carbons (Fsp3) is 0.167. The minimum Gasteiger partial charge on any atom is -0.326 e. The van der Waals surface area contributed by atoms with Gasteiger partial charge in [0.15, 0.2) is 0 Å². The number of fused-ring (bicyclic) bond motifs is 2. The van der Waals surface area contributed by atoms with Crippen molar-refractivity contribution in [1.82, 2.24) is 9.38 Å². The number of aromatic nitrogens is 2. The maximum absolute atomic E-state index is 14.2. The molecular weight excluding hydrogens is 323 g/mol. The minimum absolute atomic E-state index is 0.0323. The summed E-state index contributed by atoms with van der Waals surface area (Å²) in [7, 11) is 0. The average molecular weight is 338 g/mol. The molecule has 4 rings (SSSR count). The molecule has 0 fully saturated rings. The molecule has 0 saturated carbocycles. The highest BCUT2D eigenvalue weighted by Gasteiger charge is 2.18. The highest BCUT2D eigenvalue weighted by Crippen LogP contribution is 2.28. The number of hydrogen-bond donors (Lipinski definition) is 2. The van der Waals surface area contributed by atoms with Crippen molar-refractivity contribution in [3.8, 4) is 0 Å². The summed E-state index contributed by atoms with van der Waals surface area (Å²) in [4.78, 5) is 28.0. The Bertz CT molecular complexity index is 963. The van der Waals surface area contributed by atoms with Gasteiger partial charge in [-0.25, -0.2) is 9.37 Å². The van der Waals surface area contributed by atoms with Crippen LogP contribution >= 0.6 is 0 Å². The van der Waals surface area contributed by atoms with Gasteiger partial charge in [0.25, 0.3) is 0 Å². The summed E-state index contributed by atoms with van der Waals surface area (Å²) in [6, 6.07) is 8.39. The Labute approximate surface area is 142 Å². The highest BCUT2D eigenvalue weighted by atomic mass is 19.1. The smallest absolute Gasteiger partial charge is 0.230 e. The Morgan fingerprint density at radius 1 is 1.32 bits per heavy atom. The van der Waals surface area contributed by atoms with Crippen LogP contribution < -0.4 is 10.6 Å². The van der Waals surface area contributed by atoms with Crippen molar-refractivity contribution in [2.45, 2.75) is 19.3 Å². The molecule has 0 bridgehead atoms. The summed E-state index contributed by atoms with van der Waals surface area (Å²) in [6.07, 6.45) is 4.47. The number of imidazole rings is 1. The van der Waals surface area contributed by atoms with Crippen LogP contribution in [-0.2, 0) is 22.4 Å². The molecular formula is C18H15FN4O2. The van der Waals surface area contributed by atoms with Gasteiger partial charge in [-0.3, -0.25) is 9.59 Å². The topological polar surface area (TPSA) is 75.5 Å². The lowest BCUT2D eigenvalue weighted by atomic mass is 10.0. The molecule has 1 aromatic carbocycles. The van der Waals surface area contributed by atoms with Crippen molar-refractivity contribution >= 4 is 28.8 Å². The van der Waals surface area contributed by atoms with E-state index >= 15 is 0 Å². The molecule has 2 aromatic heterocycles. The quantitative estimate of drug-likeness (QED) is 0.771. The third kappa shape index (κ3) is 3.08. The predicted molar refractivity (Wildman–Crippen MR) is 90.9 cm³/mol. The first-order valence-corrected chi connectivity index (χ1v) is 7.93. The van der Waals surface area contributed by atoms with Crippen LogP contribution in [0.2, 0.25) is 0 Å². The van der Waals surface area contributed by atoms with E-state index in [2.05, 4.69) is 15.6 Å². The Kier molecular flexibility index (Phi) is 3.68. The molecule has 25 heavy (non-hydrogen) atoms. The monoisotopic (exact) mass is 338 g/mol. The molecule has 2 N–H and O–H groups in total. The van der Waals surface area contributed by atoms with Gasteiger partial charge in [-0.1, -0.05) is 6.07 Å². The van der Waals surface area contributed by atoms with Crippen LogP contribution in [0.25, 0.3) is 5.65 Å². The number of benzene rings is 1.